The lowest BCUT2D eigenvalue weighted by Crippen LogP contribution is -2.42. The highest BCUT2D eigenvalue weighted by Crippen LogP contribution is 2.40. The van der Waals surface area contributed by atoms with Crippen LogP contribution in [0.1, 0.15) is 39.2 Å². The fourth-order valence-corrected chi connectivity index (χ4v) is 5.45. The van der Waals surface area contributed by atoms with E-state index in [1.165, 1.54) is 19.8 Å². The molecule has 3 aliphatic rings. The Hall–Kier alpha value is -3.10. The van der Waals surface area contributed by atoms with Gasteiger partial charge in [-0.2, -0.15) is 0 Å². The van der Waals surface area contributed by atoms with Crippen molar-refractivity contribution >= 4 is 17.4 Å². The third kappa shape index (κ3) is 5.81. The topological polar surface area (TPSA) is 88.5 Å². The number of likely N-dealkylation sites (tertiary alicyclic amines) is 1. The first-order valence-electron chi connectivity index (χ1n) is 13.4. The van der Waals surface area contributed by atoms with Gasteiger partial charge in [0, 0.05) is 37.7 Å². The highest BCUT2D eigenvalue weighted by atomic mass is 16.5. The number of allylic oxidation sites excluding steroid dienone is 3. The average Bonchev–Trinajstić information content (AvgIpc) is 3.17. The van der Waals surface area contributed by atoms with Gasteiger partial charge in [-0.05, 0) is 42.0 Å². The Morgan fingerprint density at radius 2 is 1.79 bits per heavy atom. The van der Waals surface area contributed by atoms with Crippen molar-refractivity contribution < 1.29 is 28.9 Å². The normalized spacial score (nSPS) is 24.0. The molecular formula is C30H40N2O6. The number of hydrogen-bond donors (Lipinski definition) is 1. The molecule has 2 aliphatic heterocycles. The van der Waals surface area contributed by atoms with Crippen molar-refractivity contribution in [1.82, 2.24) is 9.80 Å². The molecule has 0 saturated carbocycles. The van der Waals surface area contributed by atoms with Crippen molar-refractivity contribution in [3.05, 3.63) is 53.1 Å². The number of carbonyl (C=O) groups is 2. The summed E-state index contributed by atoms with van der Waals surface area (Å²) in [5, 5.41) is 11.4. The van der Waals surface area contributed by atoms with Gasteiger partial charge in [0.15, 0.2) is 11.5 Å². The first-order valence-corrected chi connectivity index (χ1v) is 13.4. The van der Waals surface area contributed by atoms with Gasteiger partial charge < -0.3 is 24.2 Å². The van der Waals surface area contributed by atoms with Crippen molar-refractivity contribution in [2.75, 3.05) is 53.6 Å². The Labute approximate surface area is 225 Å². The molecule has 0 aromatic heterocycles. The summed E-state index contributed by atoms with van der Waals surface area (Å²) in [7, 11) is 3.05. The van der Waals surface area contributed by atoms with E-state index in [1.807, 2.05) is 0 Å². The molecule has 2 atom stereocenters. The molecule has 8 heteroatoms. The number of amides is 1. The lowest BCUT2D eigenvalue weighted by Gasteiger charge is -2.33. The Bertz CT molecular complexity index is 1140. The van der Waals surface area contributed by atoms with Gasteiger partial charge in [0.1, 0.15) is 5.76 Å². The van der Waals surface area contributed by atoms with E-state index in [-0.39, 0.29) is 22.7 Å². The van der Waals surface area contributed by atoms with Crippen molar-refractivity contribution in [2.24, 2.45) is 11.3 Å². The van der Waals surface area contributed by atoms with Gasteiger partial charge in [-0.3, -0.25) is 14.5 Å². The standard InChI is InChI=1S/C30H40N2O6/c1-30(2,3)22-10-7-20(8-11-22)26-25(27(33)21-9-12-23(36-4)24(19-21)37-5)28(34)29(35)32(26)14-6-13-31-15-17-38-18-16-31/h7,9-12,19-20,26,33H,6,8,13-18H2,1-5H3/b27-25+/t20-,26-/m1/s1. The molecule has 4 rings (SSSR count). The van der Waals surface area contributed by atoms with Crippen molar-refractivity contribution in [3.8, 4) is 11.5 Å². The number of Topliss-reactive ketones (excluding diaryl/α,β-unsaturated/α-hetero) is 1. The summed E-state index contributed by atoms with van der Waals surface area (Å²) in [6, 6.07) is 4.43. The number of rotatable bonds is 8. The fourth-order valence-electron chi connectivity index (χ4n) is 5.45. The Balaban J connectivity index is 1.67. The summed E-state index contributed by atoms with van der Waals surface area (Å²) in [5.74, 6) is -0.575. The van der Waals surface area contributed by atoms with Crippen LogP contribution < -0.4 is 9.47 Å². The van der Waals surface area contributed by atoms with E-state index in [1.54, 1.807) is 23.1 Å². The van der Waals surface area contributed by atoms with Crippen LogP contribution in [0.25, 0.3) is 5.76 Å². The van der Waals surface area contributed by atoms with Crippen LogP contribution in [0.2, 0.25) is 0 Å². The van der Waals surface area contributed by atoms with Gasteiger partial charge >= 0.3 is 0 Å². The number of aliphatic hydroxyl groups excluding tert-OH is 1. The Morgan fingerprint density at radius 1 is 1.08 bits per heavy atom. The quantitative estimate of drug-likeness (QED) is 0.312. The minimum Gasteiger partial charge on any atom is -0.507 e. The highest BCUT2D eigenvalue weighted by molar-refractivity contribution is 6.46. The number of nitrogens with zero attached hydrogens (tertiary/aromatic N) is 2. The largest absolute Gasteiger partial charge is 0.507 e. The van der Waals surface area contributed by atoms with E-state index in [2.05, 4.69) is 43.9 Å². The van der Waals surface area contributed by atoms with Crippen LogP contribution in [0.5, 0.6) is 11.5 Å². The Morgan fingerprint density at radius 3 is 2.39 bits per heavy atom. The molecule has 206 valence electrons. The van der Waals surface area contributed by atoms with Gasteiger partial charge in [-0.15, -0.1) is 0 Å². The van der Waals surface area contributed by atoms with E-state index in [9.17, 15) is 14.7 Å². The number of hydrogen-bond acceptors (Lipinski definition) is 7. The van der Waals surface area contributed by atoms with E-state index < -0.39 is 17.7 Å². The average molecular weight is 525 g/mol. The van der Waals surface area contributed by atoms with Crippen LogP contribution in [0.4, 0.5) is 0 Å². The molecule has 8 nitrogen and oxygen atoms in total. The summed E-state index contributed by atoms with van der Waals surface area (Å²) in [4.78, 5) is 30.7. The number of carbonyl (C=O) groups excluding carboxylic acids is 2. The molecule has 1 aliphatic carbocycles. The highest BCUT2D eigenvalue weighted by Gasteiger charge is 2.48. The zero-order valence-corrected chi connectivity index (χ0v) is 23.2. The molecule has 0 bridgehead atoms. The second-order valence-electron chi connectivity index (χ2n) is 11.1. The van der Waals surface area contributed by atoms with Crippen LogP contribution in [0.15, 0.2) is 47.6 Å². The molecule has 2 fully saturated rings. The molecule has 1 N–H and O–H groups in total. The Kier molecular flexibility index (Phi) is 8.63. The van der Waals surface area contributed by atoms with E-state index in [0.29, 0.717) is 43.2 Å². The van der Waals surface area contributed by atoms with Gasteiger partial charge in [0.2, 0.25) is 0 Å². The predicted octanol–water partition coefficient (Wildman–Crippen LogP) is 4.02. The molecule has 1 amide bonds. The summed E-state index contributed by atoms with van der Waals surface area (Å²) in [5.41, 5.74) is 1.78. The maximum atomic E-state index is 13.4. The molecule has 0 unspecified atom stereocenters. The minimum absolute atomic E-state index is 0.00108. The SMILES string of the molecule is COc1ccc(/C(O)=C2\C(=O)C(=O)N(CCCN3CCOCC3)[C@@H]2[C@@H]2C=CC(C(C)(C)C)=CC2)cc1OC. The number of morpholine rings is 1. The summed E-state index contributed by atoms with van der Waals surface area (Å²) >= 11 is 0. The zero-order valence-electron chi connectivity index (χ0n) is 23.2. The van der Waals surface area contributed by atoms with Crippen LogP contribution in [-0.4, -0.2) is 86.3 Å². The number of methoxy groups -OCH3 is 2. The number of ketones is 1. The van der Waals surface area contributed by atoms with Gasteiger partial charge in [0.25, 0.3) is 11.7 Å². The molecular weight excluding hydrogens is 484 g/mol. The summed E-state index contributed by atoms with van der Waals surface area (Å²) < 4.78 is 16.2. The third-order valence-electron chi connectivity index (χ3n) is 7.62. The second kappa shape index (κ2) is 11.7. The van der Waals surface area contributed by atoms with Crippen LogP contribution in [0.3, 0.4) is 0 Å². The lowest BCUT2D eigenvalue weighted by molar-refractivity contribution is -0.140. The monoisotopic (exact) mass is 524 g/mol. The molecule has 0 radical (unpaired) electrons. The maximum absolute atomic E-state index is 13.4. The minimum atomic E-state index is -0.646. The van der Waals surface area contributed by atoms with E-state index in [0.717, 1.165) is 26.1 Å². The van der Waals surface area contributed by atoms with Crippen LogP contribution in [-0.2, 0) is 14.3 Å². The molecule has 2 heterocycles. The fraction of sp³-hybridized carbons (Fsp3) is 0.533. The van der Waals surface area contributed by atoms with E-state index in [4.69, 9.17) is 14.2 Å². The summed E-state index contributed by atoms with van der Waals surface area (Å²) in [6.07, 6.45) is 7.79. The van der Waals surface area contributed by atoms with Crippen molar-refractivity contribution in [1.29, 1.82) is 0 Å². The van der Waals surface area contributed by atoms with Crippen LogP contribution in [0, 0.1) is 11.3 Å². The molecule has 38 heavy (non-hydrogen) atoms. The molecule has 1 aromatic carbocycles. The number of benzene rings is 1. The van der Waals surface area contributed by atoms with Gasteiger partial charge in [0.05, 0.1) is 39.0 Å². The molecule has 2 saturated heterocycles. The smallest absolute Gasteiger partial charge is 0.295 e. The first-order chi connectivity index (χ1) is 18.2. The van der Waals surface area contributed by atoms with Crippen LogP contribution >= 0.6 is 0 Å². The third-order valence-corrected chi connectivity index (χ3v) is 7.62. The lowest BCUT2D eigenvalue weighted by atomic mass is 9.78. The second-order valence-corrected chi connectivity index (χ2v) is 11.1. The summed E-state index contributed by atoms with van der Waals surface area (Å²) in [6.45, 7) is 10.9. The van der Waals surface area contributed by atoms with Crippen molar-refractivity contribution in [2.45, 2.75) is 39.7 Å². The number of ether oxygens (including phenoxy) is 3. The number of aliphatic hydroxyl groups is 1. The van der Waals surface area contributed by atoms with E-state index >= 15 is 0 Å². The first kappa shape index (κ1) is 27.9. The van der Waals surface area contributed by atoms with Crippen molar-refractivity contribution in [3.63, 3.8) is 0 Å². The maximum Gasteiger partial charge on any atom is 0.295 e. The molecule has 0 spiro atoms. The predicted molar refractivity (Wildman–Crippen MR) is 146 cm³/mol. The zero-order chi connectivity index (χ0) is 27.4. The molecule has 1 aromatic rings. The van der Waals surface area contributed by atoms with Gasteiger partial charge in [-0.1, -0.05) is 39.0 Å². The van der Waals surface area contributed by atoms with Gasteiger partial charge in [-0.25, -0.2) is 0 Å².